The summed E-state index contributed by atoms with van der Waals surface area (Å²) in [5, 5.41) is 9.21. The summed E-state index contributed by atoms with van der Waals surface area (Å²) in [7, 11) is 2.04. The molecule has 3 aliphatic carbocycles. The second-order valence-electron chi connectivity index (χ2n) is 11.5. The lowest BCUT2D eigenvalue weighted by atomic mass is 9.45. The molecule has 5 rings (SSSR count). The zero-order valence-electron chi connectivity index (χ0n) is 19.4. The van der Waals surface area contributed by atoms with E-state index in [9.17, 15) is 10.1 Å². The van der Waals surface area contributed by atoms with Gasteiger partial charge < -0.3 is 9.64 Å². The molecular weight excluding hydrogens is 384 g/mol. The molecule has 0 spiro atoms. The van der Waals surface area contributed by atoms with Crippen LogP contribution in [0.2, 0.25) is 0 Å². The standard InChI is InChI=1S/C27H36N2O2/c1-17-12-23-27(3,11-9-24(30)29(23)4)21-8-10-26(2)15-20(14-22(26)25(17)21)31-19-7-5-6-18(13-19)16-28/h5-7,13,17,20-23,25H,8-12,14-15H2,1-4H3/t17?,20?,21-,22+,23?,25-,26-,27-/m1/s1. The molecule has 0 radical (unpaired) electrons. The Labute approximate surface area is 186 Å². The third-order valence-corrected chi connectivity index (χ3v) is 9.93. The highest BCUT2D eigenvalue weighted by Crippen LogP contribution is 2.66. The van der Waals surface area contributed by atoms with E-state index in [1.165, 1.54) is 12.8 Å². The molecule has 1 aromatic carbocycles. The van der Waals surface area contributed by atoms with Crippen molar-refractivity contribution in [1.29, 1.82) is 5.26 Å². The average molecular weight is 421 g/mol. The van der Waals surface area contributed by atoms with Crippen LogP contribution in [-0.2, 0) is 4.79 Å². The van der Waals surface area contributed by atoms with Crippen LogP contribution in [0.4, 0.5) is 0 Å². The molecule has 4 heteroatoms. The molecular formula is C27H36N2O2. The Balaban J connectivity index is 1.39. The molecule has 3 unspecified atom stereocenters. The smallest absolute Gasteiger partial charge is 0.222 e. The van der Waals surface area contributed by atoms with E-state index >= 15 is 0 Å². The number of ether oxygens (including phenoxy) is 1. The Bertz CT molecular complexity index is 922. The SMILES string of the molecule is CC1CC2N(C)C(=O)CC[C@]2(C)[C@@H]2CC[C@]3(C)CC(Oc4cccc(C#N)c4)C[C@H]3[C@H]12. The van der Waals surface area contributed by atoms with Crippen LogP contribution < -0.4 is 4.74 Å². The molecule has 8 atom stereocenters. The quantitative estimate of drug-likeness (QED) is 0.642. The van der Waals surface area contributed by atoms with Crippen molar-refractivity contribution in [3.63, 3.8) is 0 Å². The number of fused-ring (bicyclic) bond motifs is 5. The third-order valence-electron chi connectivity index (χ3n) is 9.93. The molecule has 166 valence electrons. The maximum Gasteiger partial charge on any atom is 0.222 e. The molecule has 4 fully saturated rings. The number of hydrogen-bond acceptors (Lipinski definition) is 3. The van der Waals surface area contributed by atoms with Gasteiger partial charge in [0.1, 0.15) is 5.75 Å². The van der Waals surface area contributed by atoms with Crippen LogP contribution in [0.3, 0.4) is 0 Å². The van der Waals surface area contributed by atoms with Crippen LogP contribution in [0.25, 0.3) is 0 Å². The van der Waals surface area contributed by atoms with Gasteiger partial charge in [0.2, 0.25) is 5.91 Å². The minimum atomic E-state index is 0.232. The molecule has 4 aliphatic rings. The Hall–Kier alpha value is -2.02. The van der Waals surface area contributed by atoms with E-state index < -0.39 is 0 Å². The van der Waals surface area contributed by atoms with Gasteiger partial charge in [-0.3, -0.25) is 4.79 Å². The van der Waals surface area contributed by atoms with Gasteiger partial charge in [-0.05, 0) is 91.2 Å². The molecule has 1 amide bonds. The van der Waals surface area contributed by atoms with Crippen molar-refractivity contribution in [2.45, 2.75) is 77.9 Å². The lowest BCUT2D eigenvalue weighted by Crippen LogP contribution is -2.62. The number of amides is 1. The predicted octanol–water partition coefficient (Wildman–Crippen LogP) is 5.42. The largest absolute Gasteiger partial charge is 0.490 e. The van der Waals surface area contributed by atoms with Crippen LogP contribution in [0.5, 0.6) is 5.75 Å². The minimum Gasteiger partial charge on any atom is -0.490 e. The van der Waals surface area contributed by atoms with Crippen molar-refractivity contribution in [3.8, 4) is 11.8 Å². The van der Waals surface area contributed by atoms with Gasteiger partial charge in [0.25, 0.3) is 0 Å². The van der Waals surface area contributed by atoms with E-state index in [-0.39, 0.29) is 11.5 Å². The van der Waals surface area contributed by atoms with Crippen molar-refractivity contribution in [2.24, 2.45) is 34.5 Å². The first-order chi connectivity index (χ1) is 14.7. The van der Waals surface area contributed by atoms with Gasteiger partial charge in [-0.1, -0.05) is 26.8 Å². The number of nitrogens with zero attached hydrogens (tertiary/aromatic N) is 2. The van der Waals surface area contributed by atoms with E-state index in [4.69, 9.17) is 4.74 Å². The van der Waals surface area contributed by atoms with Gasteiger partial charge in [-0.15, -0.1) is 0 Å². The number of hydrogen-bond donors (Lipinski definition) is 0. The van der Waals surface area contributed by atoms with Gasteiger partial charge in [0, 0.05) is 19.5 Å². The monoisotopic (exact) mass is 420 g/mol. The Kier molecular flexibility index (Phi) is 4.88. The van der Waals surface area contributed by atoms with E-state index in [1.54, 1.807) is 0 Å². The zero-order valence-corrected chi connectivity index (χ0v) is 19.4. The molecule has 0 aromatic heterocycles. The van der Waals surface area contributed by atoms with Crippen molar-refractivity contribution in [2.75, 3.05) is 7.05 Å². The number of rotatable bonds is 2. The fraction of sp³-hybridized carbons (Fsp3) is 0.704. The molecule has 1 aromatic rings. The summed E-state index contributed by atoms with van der Waals surface area (Å²) in [4.78, 5) is 14.5. The fourth-order valence-electron chi connectivity index (χ4n) is 8.38. The normalized spacial score (nSPS) is 44.1. The second kappa shape index (κ2) is 7.26. The number of likely N-dealkylation sites (tertiary alicyclic amines) is 1. The molecule has 0 N–H and O–H groups in total. The number of nitriles is 1. The number of carbonyl (C=O) groups is 1. The summed E-state index contributed by atoms with van der Waals surface area (Å²) in [6.07, 6.45) is 7.93. The summed E-state index contributed by atoms with van der Waals surface area (Å²) in [5.41, 5.74) is 1.25. The van der Waals surface area contributed by atoms with Crippen molar-refractivity contribution in [1.82, 2.24) is 4.90 Å². The van der Waals surface area contributed by atoms with Crippen molar-refractivity contribution < 1.29 is 9.53 Å². The second-order valence-corrected chi connectivity index (χ2v) is 11.5. The molecule has 31 heavy (non-hydrogen) atoms. The minimum absolute atomic E-state index is 0.232. The molecule has 1 saturated heterocycles. The highest BCUT2D eigenvalue weighted by Gasteiger charge is 2.62. The van der Waals surface area contributed by atoms with Gasteiger partial charge in [0.05, 0.1) is 17.7 Å². The summed E-state index contributed by atoms with van der Waals surface area (Å²) in [5.74, 6) is 3.92. The summed E-state index contributed by atoms with van der Waals surface area (Å²) < 4.78 is 6.45. The first-order valence-electron chi connectivity index (χ1n) is 12.2. The van der Waals surface area contributed by atoms with E-state index in [0.717, 1.165) is 37.4 Å². The van der Waals surface area contributed by atoms with Gasteiger partial charge in [-0.25, -0.2) is 0 Å². The van der Waals surface area contributed by atoms with Crippen molar-refractivity contribution >= 4 is 5.91 Å². The van der Waals surface area contributed by atoms with E-state index in [1.807, 2.05) is 31.3 Å². The lowest BCUT2D eigenvalue weighted by Gasteiger charge is -2.63. The highest BCUT2D eigenvalue weighted by molar-refractivity contribution is 5.77. The molecule has 1 aliphatic heterocycles. The Morgan fingerprint density at radius 1 is 1.19 bits per heavy atom. The van der Waals surface area contributed by atoms with Crippen molar-refractivity contribution in [3.05, 3.63) is 29.8 Å². The van der Waals surface area contributed by atoms with Crippen LogP contribution in [0.15, 0.2) is 24.3 Å². The van der Waals surface area contributed by atoms with Gasteiger partial charge in [-0.2, -0.15) is 5.26 Å². The van der Waals surface area contributed by atoms with Crippen LogP contribution in [0.1, 0.15) is 71.3 Å². The van der Waals surface area contributed by atoms with Gasteiger partial charge >= 0.3 is 0 Å². The maximum atomic E-state index is 12.4. The lowest BCUT2D eigenvalue weighted by molar-refractivity contribution is -0.164. The Morgan fingerprint density at radius 3 is 2.77 bits per heavy atom. The molecule has 4 nitrogen and oxygen atoms in total. The van der Waals surface area contributed by atoms with Crippen LogP contribution >= 0.6 is 0 Å². The molecule has 3 saturated carbocycles. The van der Waals surface area contributed by atoms with E-state index in [2.05, 4.69) is 31.7 Å². The maximum absolute atomic E-state index is 12.4. The topological polar surface area (TPSA) is 53.3 Å². The fourth-order valence-corrected chi connectivity index (χ4v) is 8.38. The number of carbonyl (C=O) groups excluding carboxylic acids is 1. The first kappa shape index (κ1) is 20.9. The van der Waals surface area contributed by atoms with Crippen LogP contribution in [0, 0.1) is 45.8 Å². The molecule has 1 heterocycles. The molecule has 0 bridgehead atoms. The summed E-state index contributed by atoms with van der Waals surface area (Å²) >= 11 is 0. The predicted molar refractivity (Wildman–Crippen MR) is 120 cm³/mol. The summed E-state index contributed by atoms with van der Waals surface area (Å²) in [6.45, 7) is 7.43. The van der Waals surface area contributed by atoms with Crippen LogP contribution in [-0.4, -0.2) is 30.0 Å². The summed E-state index contributed by atoms with van der Waals surface area (Å²) in [6, 6.07) is 10.2. The number of benzene rings is 1. The zero-order chi connectivity index (χ0) is 22.0. The average Bonchev–Trinajstić information content (AvgIpc) is 3.08. The first-order valence-corrected chi connectivity index (χ1v) is 12.2. The number of piperidine rings is 1. The Morgan fingerprint density at radius 2 is 2.00 bits per heavy atom. The third kappa shape index (κ3) is 3.19. The van der Waals surface area contributed by atoms with Gasteiger partial charge in [0.15, 0.2) is 0 Å². The highest BCUT2D eigenvalue weighted by atomic mass is 16.5. The van der Waals surface area contributed by atoms with E-state index in [0.29, 0.717) is 47.1 Å².